The van der Waals surface area contributed by atoms with Gasteiger partial charge in [-0.15, -0.1) is 24.0 Å². The predicted octanol–water partition coefficient (Wildman–Crippen LogP) is 1.96. The van der Waals surface area contributed by atoms with Crippen LogP contribution in [0.5, 0.6) is 0 Å². The highest BCUT2D eigenvalue weighted by atomic mass is 127. The van der Waals surface area contributed by atoms with Gasteiger partial charge in [-0.1, -0.05) is 6.07 Å². The highest BCUT2D eigenvalue weighted by Crippen LogP contribution is 2.11. The summed E-state index contributed by atoms with van der Waals surface area (Å²) in [6, 6.07) is 5.94. The maximum atomic E-state index is 12.1. The Kier molecular flexibility index (Phi) is 11.3. The number of ether oxygens (including phenoxy) is 1. The quantitative estimate of drug-likeness (QED) is 0.341. The number of hydrogen-bond acceptors (Lipinski definition) is 5. The molecule has 1 saturated heterocycles. The average Bonchev–Trinajstić information content (AvgIpc) is 2.67. The van der Waals surface area contributed by atoms with Crippen LogP contribution >= 0.6 is 24.0 Å². The topological polar surface area (TPSA) is 82.1 Å². The van der Waals surface area contributed by atoms with Gasteiger partial charge in [-0.2, -0.15) is 0 Å². The Hall–Kier alpha value is -1.62. The Labute approximate surface area is 191 Å². The van der Waals surface area contributed by atoms with Crippen molar-refractivity contribution < 1.29 is 9.53 Å². The molecule has 1 aromatic heterocycles. The summed E-state index contributed by atoms with van der Waals surface area (Å²) < 4.78 is 5.44. The molecule has 29 heavy (non-hydrogen) atoms. The molecule has 1 aromatic rings. The van der Waals surface area contributed by atoms with E-state index in [1.807, 2.05) is 45.2 Å². The van der Waals surface area contributed by atoms with Crippen LogP contribution in [-0.4, -0.2) is 85.3 Å². The van der Waals surface area contributed by atoms with Crippen molar-refractivity contribution in [3.05, 3.63) is 30.1 Å². The normalized spacial score (nSPS) is 15.4. The van der Waals surface area contributed by atoms with Crippen LogP contribution in [0.15, 0.2) is 29.4 Å². The molecule has 0 saturated carbocycles. The maximum Gasteiger partial charge on any atom is 0.410 e. The number of halogens is 1. The first kappa shape index (κ1) is 25.4. The summed E-state index contributed by atoms with van der Waals surface area (Å²) in [4.78, 5) is 24.8. The molecule has 0 aliphatic carbocycles. The lowest BCUT2D eigenvalue weighted by Gasteiger charge is -2.35. The molecule has 0 unspecified atom stereocenters. The molecular weight excluding hydrogens is 483 g/mol. The Morgan fingerprint density at radius 2 is 1.86 bits per heavy atom. The molecule has 1 aliphatic rings. The first-order valence-electron chi connectivity index (χ1n) is 9.92. The van der Waals surface area contributed by atoms with E-state index in [9.17, 15) is 4.79 Å². The number of aromatic nitrogens is 1. The summed E-state index contributed by atoms with van der Waals surface area (Å²) in [5.41, 5.74) is 0.616. The van der Waals surface area contributed by atoms with Gasteiger partial charge < -0.3 is 20.3 Å². The van der Waals surface area contributed by atoms with E-state index in [0.717, 1.165) is 50.8 Å². The van der Waals surface area contributed by atoms with E-state index in [1.54, 1.807) is 11.9 Å². The second-order valence-corrected chi connectivity index (χ2v) is 7.81. The molecule has 1 aliphatic heterocycles. The summed E-state index contributed by atoms with van der Waals surface area (Å²) in [6.45, 7) is 11.3. The number of aliphatic imine (C=N–C) groups is 1. The Morgan fingerprint density at radius 3 is 2.45 bits per heavy atom. The number of hydrogen-bond donors (Lipinski definition) is 2. The van der Waals surface area contributed by atoms with E-state index in [0.29, 0.717) is 13.1 Å². The van der Waals surface area contributed by atoms with Crippen LogP contribution in [0.25, 0.3) is 0 Å². The number of amides is 1. The van der Waals surface area contributed by atoms with Crippen molar-refractivity contribution in [3.8, 4) is 0 Å². The van der Waals surface area contributed by atoms with Crippen molar-refractivity contribution in [3.63, 3.8) is 0 Å². The minimum atomic E-state index is -0.447. The predicted molar refractivity (Wildman–Crippen MR) is 127 cm³/mol. The minimum Gasteiger partial charge on any atom is -0.444 e. The second kappa shape index (κ2) is 12.8. The monoisotopic (exact) mass is 518 g/mol. The fourth-order valence-corrected chi connectivity index (χ4v) is 2.89. The third-order valence-electron chi connectivity index (χ3n) is 4.37. The molecule has 2 rings (SSSR count). The number of guanidine groups is 1. The molecule has 0 radical (unpaired) electrons. The largest absolute Gasteiger partial charge is 0.444 e. The van der Waals surface area contributed by atoms with Gasteiger partial charge in [0.2, 0.25) is 0 Å². The molecule has 1 amide bonds. The van der Waals surface area contributed by atoms with Gasteiger partial charge in [-0.25, -0.2) is 4.79 Å². The molecule has 164 valence electrons. The van der Waals surface area contributed by atoms with Crippen molar-refractivity contribution >= 4 is 36.0 Å². The molecule has 2 heterocycles. The molecule has 1 fully saturated rings. The van der Waals surface area contributed by atoms with Gasteiger partial charge in [0.05, 0.1) is 0 Å². The Balaban J connectivity index is 0.00000420. The van der Waals surface area contributed by atoms with Crippen molar-refractivity contribution in [1.82, 2.24) is 25.4 Å². The molecule has 9 heteroatoms. The molecule has 2 N–H and O–H groups in total. The van der Waals surface area contributed by atoms with Crippen LogP contribution in [0.4, 0.5) is 4.79 Å². The third-order valence-corrected chi connectivity index (χ3v) is 4.37. The molecular formula is C20H35IN6O2. The van der Waals surface area contributed by atoms with Gasteiger partial charge in [0.25, 0.3) is 0 Å². The molecule has 8 nitrogen and oxygen atoms in total. The number of rotatable bonds is 6. The van der Waals surface area contributed by atoms with Crippen LogP contribution in [0.1, 0.15) is 26.5 Å². The number of pyridine rings is 1. The highest BCUT2D eigenvalue weighted by Gasteiger charge is 2.25. The average molecular weight is 518 g/mol. The number of nitrogens with one attached hydrogen (secondary N) is 2. The van der Waals surface area contributed by atoms with Gasteiger partial charge in [0.15, 0.2) is 5.96 Å². The summed E-state index contributed by atoms with van der Waals surface area (Å²) >= 11 is 0. The van der Waals surface area contributed by atoms with Gasteiger partial charge in [0, 0.05) is 71.2 Å². The standard InChI is InChI=1S/C20H34N6O2.HI/c1-20(2,3)28-19(27)26-15-13-25(14-16-26)12-11-24-18(21-4)23-10-8-17-7-5-6-9-22-17;/h5-7,9H,8,10-16H2,1-4H3,(H2,21,23,24);1H. The minimum absolute atomic E-state index is 0. The first-order valence-corrected chi connectivity index (χ1v) is 9.92. The maximum absolute atomic E-state index is 12.1. The zero-order chi connectivity index (χ0) is 20.4. The summed E-state index contributed by atoms with van der Waals surface area (Å²) in [5.74, 6) is 0.795. The van der Waals surface area contributed by atoms with Crippen LogP contribution in [0, 0.1) is 0 Å². The van der Waals surface area contributed by atoms with Crippen molar-refractivity contribution in [2.75, 3.05) is 52.9 Å². The number of piperazine rings is 1. The van der Waals surface area contributed by atoms with Crippen molar-refractivity contribution in [2.45, 2.75) is 32.8 Å². The van der Waals surface area contributed by atoms with E-state index < -0.39 is 5.60 Å². The summed E-state index contributed by atoms with van der Waals surface area (Å²) in [6.07, 6.45) is 2.45. The lowest BCUT2D eigenvalue weighted by Crippen LogP contribution is -2.51. The zero-order valence-corrected chi connectivity index (χ0v) is 20.3. The molecule has 0 aromatic carbocycles. The van der Waals surface area contributed by atoms with Crippen LogP contribution in [-0.2, 0) is 11.2 Å². The summed E-state index contributed by atoms with van der Waals surface area (Å²) in [7, 11) is 1.77. The van der Waals surface area contributed by atoms with Crippen molar-refractivity contribution in [2.24, 2.45) is 4.99 Å². The fraction of sp³-hybridized carbons (Fsp3) is 0.650. The SMILES string of the molecule is CN=C(NCCc1ccccn1)NCCN1CCN(C(=O)OC(C)(C)C)CC1.I. The van der Waals surface area contributed by atoms with Crippen molar-refractivity contribution in [1.29, 1.82) is 0 Å². The Bertz CT molecular complexity index is 628. The smallest absolute Gasteiger partial charge is 0.410 e. The zero-order valence-electron chi connectivity index (χ0n) is 18.0. The second-order valence-electron chi connectivity index (χ2n) is 7.81. The van der Waals surface area contributed by atoms with E-state index in [1.165, 1.54) is 0 Å². The van der Waals surface area contributed by atoms with E-state index in [2.05, 4.69) is 25.5 Å². The third kappa shape index (κ3) is 10.1. The lowest BCUT2D eigenvalue weighted by atomic mass is 10.2. The lowest BCUT2D eigenvalue weighted by molar-refractivity contribution is 0.0147. The number of carbonyl (C=O) groups is 1. The summed E-state index contributed by atoms with van der Waals surface area (Å²) in [5, 5.41) is 6.65. The number of nitrogens with zero attached hydrogens (tertiary/aromatic N) is 4. The molecule has 0 spiro atoms. The van der Waals surface area contributed by atoms with E-state index in [-0.39, 0.29) is 30.1 Å². The van der Waals surface area contributed by atoms with Gasteiger partial charge in [0.1, 0.15) is 5.60 Å². The molecule has 0 atom stereocenters. The van der Waals surface area contributed by atoms with Gasteiger partial charge >= 0.3 is 6.09 Å². The van der Waals surface area contributed by atoms with Crippen LogP contribution in [0.2, 0.25) is 0 Å². The van der Waals surface area contributed by atoms with Crippen LogP contribution in [0.3, 0.4) is 0 Å². The van der Waals surface area contributed by atoms with E-state index >= 15 is 0 Å². The highest BCUT2D eigenvalue weighted by molar-refractivity contribution is 14.0. The fourth-order valence-electron chi connectivity index (χ4n) is 2.89. The van der Waals surface area contributed by atoms with Crippen LogP contribution < -0.4 is 10.6 Å². The van der Waals surface area contributed by atoms with E-state index in [4.69, 9.17) is 4.74 Å². The first-order chi connectivity index (χ1) is 13.4. The van der Waals surface area contributed by atoms with Gasteiger partial charge in [-0.3, -0.25) is 14.9 Å². The van der Waals surface area contributed by atoms with Gasteiger partial charge in [-0.05, 0) is 32.9 Å². The molecule has 0 bridgehead atoms. The Morgan fingerprint density at radius 1 is 1.17 bits per heavy atom. The number of carbonyl (C=O) groups excluding carboxylic acids is 1.